The molecule has 86 valence electrons. The molecule has 2 aromatic carbocycles. The number of aliphatic hydroxyl groups excluding tert-OH is 1. The van der Waals surface area contributed by atoms with Crippen LogP contribution >= 0.6 is 0 Å². The minimum atomic E-state index is -0.531. The molecule has 0 heterocycles. The predicted molar refractivity (Wildman–Crippen MR) is 70.3 cm³/mol. The summed E-state index contributed by atoms with van der Waals surface area (Å²) in [7, 11) is 0. The molecule has 17 heavy (non-hydrogen) atoms. The molecule has 0 aliphatic rings. The van der Waals surface area contributed by atoms with Gasteiger partial charge in [-0.15, -0.1) is 0 Å². The van der Waals surface area contributed by atoms with Crippen LogP contribution in [0, 0.1) is 0 Å². The summed E-state index contributed by atoms with van der Waals surface area (Å²) in [5.74, 6) is 0. The number of aliphatic imine (C=N–C) groups is 1. The molecular formula is C15H15NO. The highest BCUT2D eigenvalue weighted by molar-refractivity contribution is 5.79. The third-order valence-electron chi connectivity index (χ3n) is 2.50. The summed E-state index contributed by atoms with van der Waals surface area (Å²) in [6.45, 7) is 0.388. The van der Waals surface area contributed by atoms with Crippen molar-refractivity contribution in [3.05, 3.63) is 71.8 Å². The van der Waals surface area contributed by atoms with E-state index in [4.69, 9.17) is 0 Å². The number of aliphatic hydroxyl groups is 1. The van der Waals surface area contributed by atoms with Crippen LogP contribution in [0.2, 0.25) is 0 Å². The zero-order valence-corrected chi connectivity index (χ0v) is 9.53. The van der Waals surface area contributed by atoms with Gasteiger partial charge in [0.05, 0.1) is 12.6 Å². The number of hydrogen-bond donors (Lipinski definition) is 1. The SMILES string of the molecule is O[C@@H](CN=Cc1ccccc1)c1ccccc1. The van der Waals surface area contributed by atoms with Crippen LogP contribution < -0.4 is 0 Å². The fraction of sp³-hybridized carbons (Fsp3) is 0.133. The lowest BCUT2D eigenvalue weighted by molar-refractivity contribution is 0.187. The standard InChI is InChI=1S/C15H15NO/c17-15(14-9-5-2-6-10-14)12-16-11-13-7-3-1-4-8-13/h1-11,15,17H,12H2/t15-/m0/s1. The first-order chi connectivity index (χ1) is 8.36. The second-order valence-electron chi connectivity index (χ2n) is 3.83. The second kappa shape index (κ2) is 5.97. The smallest absolute Gasteiger partial charge is 0.0985 e. The lowest BCUT2D eigenvalue weighted by Gasteiger charge is -2.06. The first kappa shape index (κ1) is 11.6. The van der Waals surface area contributed by atoms with Gasteiger partial charge in [-0.2, -0.15) is 0 Å². The van der Waals surface area contributed by atoms with Gasteiger partial charge >= 0.3 is 0 Å². The summed E-state index contributed by atoms with van der Waals surface area (Å²) in [6, 6.07) is 19.4. The molecule has 2 heteroatoms. The molecule has 0 spiro atoms. The quantitative estimate of drug-likeness (QED) is 0.797. The Morgan fingerprint density at radius 1 is 0.941 bits per heavy atom. The Labute approximate surface area is 101 Å². The molecule has 0 radical (unpaired) electrons. The van der Waals surface area contributed by atoms with Gasteiger partial charge < -0.3 is 5.11 Å². The zero-order chi connectivity index (χ0) is 11.9. The molecule has 0 fully saturated rings. The normalized spacial score (nSPS) is 12.8. The minimum absolute atomic E-state index is 0.388. The highest BCUT2D eigenvalue weighted by Crippen LogP contribution is 2.11. The van der Waals surface area contributed by atoms with E-state index in [-0.39, 0.29) is 0 Å². The van der Waals surface area contributed by atoms with Gasteiger partial charge in [-0.05, 0) is 11.1 Å². The zero-order valence-electron chi connectivity index (χ0n) is 9.53. The Hall–Kier alpha value is -1.93. The van der Waals surface area contributed by atoms with E-state index in [1.165, 1.54) is 0 Å². The summed E-state index contributed by atoms with van der Waals surface area (Å²) in [5, 5.41) is 9.88. The maximum Gasteiger partial charge on any atom is 0.0985 e. The fourth-order valence-electron chi connectivity index (χ4n) is 1.58. The Bertz CT molecular complexity index is 465. The summed E-state index contributed by atoms with van der Waals surface area (Å²) >= 11 is 0. The van der Waals surface area contributed by atoms with Gasteiger partial charge in [0, 0.05) is 6.21 Å². The maximum atomic E-state index is 9.88. The van der Waals surface area contributed by atoms with Crippen LogP contribution in [-0.2, 0) is 0 Å². The summed E-state index contributed by atoms with van der Waals surface area (Å²) in [5.41, 5.74) is 1.95. The molecule has 0 bridgehead atoms. The van der Waals surface area contributed by atoms with Gasteiger partial charge in [-0.25, -0.2) is 0 Å². The van der Waals surface area contributed by atoms with Gasteiger partial charge in [0.2, 0.25) is 0 Å². The van der Waals surface area contributed by atoms with Crippen LogP contribution in [0.3, 0.4) is 0 Å². The molecule has 0 saturated carbocycles. The van der Waals surface area contributed by atoms with Gasteiger partial charge in [-0.3, -0.25) is 4.99 Å². The van der Waals surface area contributed by atoms with Gasteiger partial charge in [-0.1, -0.05) is 60.7 Å². The van der Waals surface area contributed by atoms with Crippen molar-refractivity contribution in [2.45, 2.75) is 6.10 Å². The van der Waals surface area contributed by atoms with Crippen LogP contribution in [0.4, 0.5) is 0 Å². The lowest BCUT2D eigenvalue weighted by atomic mass is 10.1. The number of hydrogen-bond acceptors (Lipinski definition) is 2. The van der Waals surface area contributed by atoms with E-state index in [1.54, 1.807) is 6.21 Å². The highest BCUT2D eigenvalue weighted by Gasteiger charge is 2.03. The molecule has 1 atom stereocenters. The minimum Gasteiger partial charge on any atom is -0.386 e. The largest absolute Gasteiger partial charge is 0.386 e. The Morgan fingerprint density at radius 3 is 2.18 bits per heavy atom. The van der Waals surface area contributed by atoms with E-state index in [1.807, 2.05) is 60.7 Å². The molecule has 0 saturated heterocycles. The highest BCUT2D eigenvalue weighted by atomic mass is 16.3. The van der Waals surface area contributed by atoms with Crippen molar-refractivity contribution in [2.24, 2.45) is 4.99 Å². The average molecular weight is 225 g/mol. The van der Waals surface area contributed by atoms with Crippen LogP contribution in [-0.4, -0.2) is 17.9 Å². The van der Waals surface area contributed by atoms with E-state index in [0.717, 1.165) is 11.1 Å². The molecule has 0 aromatic heterocycles. The van der Waals surface area contributed by atoms with Crippen LogP contribution in [0.5, 0.6) is 0 Å². The number of rotatable bonds is 4. The van der Waals surface area contributed by atoms with Crippen molar-refractivity contribution >= 4 is 6.21 Å². The Kier molecular flexibility index (Phi) is 4.05. The first-order valence-electron chi connectivity index (χ1n) is 5.64. The van der Waals surface area contributed by atoms with Crippen molar-refractivity contribution in [1.29, 1.82) is 0 Å². The van der Waals surface area contributed by atoms with Crippen LogP contribution in [0.1, 0.15) is 17.2 Å². The summed E-state index contributed by atoms with van der Waals surface area (Å²) in [6.07, 6.45) is 1.25. The van der Waals surface area contributed by atoms with Crippen LogP contribution in [0.15, 0.2) is 65.7 Å². The Morgan fingerprint density at radius 2 is 1.53 bits per heavy atom. The van der Waals surface area contributed by atoms with E-state index in [2.05, 4.69) is 4.99 Å². The average Bonchev–Trinajstić information content (AvgIpc) is 2.41. The molecule has 2 aromatic rings. The second-order valence-corrected chi connectivity index (χ2v) is 3.83. The van der Waals surface area contributed by atoms with Crippen LogP contribution in [0.25, 0.3) is 0 Å². The monoisotopic (exact) mass is 225 g/mol. The van der Waals surface area contributed by atoms with E-state index >= 15 is 0 Å². The molecule has 2 nitrogen and oxygen atoms in total. The number of nitrogens with zero attached hydrogens (tertiary/aromatic N) is 1. The lowest BCUT2D eigenvalue weighted by Crippen LogP contribution is -2.01. The van der Waals surface area contributed by atoms with Crippen molar-refractivity contribution < 1.29 is 5.11 Å². The van der Waals surface area contributed by atoms with Crippen molar-refractivity contribution in [3.63, 3.8) is 0 Å². The van der Waals surface area contributed by atoms with Gasteiger partial charge in [0.25, 0.3) is 0 Å². The summed E-state index contributed by atoms with van der Waals surface area (Å²) < 4.78 is 0. The van der Waals surface area contributed by atoms with Gasteiger partial charge in [0.1, 0.15) is 0 Å². The molecule has 1 N–H and O–H groups in total. The predicted octanol–water partition coefficient (Wildman–Crippen LogP) is 2.84. The number of benzene rings is 2. The molecule has 0 amide bonds. The third kappa shape index (κ3) is 3.54. The molecule has 0 unspecified atom stereocenters. The third-order valence-corrected chi connectivity index (χ3v) is 2.50. The molecule has 0 aliphatic heterocycles. The molecular weight excluding hydrogens is 210 g/mol. The van der Waals surface area contributed by atoms with E-state index in [0.29, 0.717) is 6.54 Å². The van der Waals surface area contributed by atoms with E-state index < -0.39 is 6.10 Å². The van der Waals surface area contributed by atoms with Crippen molar-refractivity contribution in [2.75, 3.05) is 6.54 Å². The molecule has 0 aliphatic carbocycles. The fourth-order valence-corrected chi connectivity index (χ4v) is 1.58. The topological polar surface area (TPSA) is 32.6 Å². The van der Waals surface area contributed by atoms with Crippen molar-refractivity contribution in [3.8, 4) is 0 Å². The van der Waals surface area contributed by atoms with Crippen molar-refractivity contribution in [1.82, 2.24) is 0 Å². The van der Waals surface area contributed by atoms with Gasteiger partial charge in [0.15, 0.2) is 0 Å². The van der Waals surface area contributed by atoms with E-state index in [9.17, 15) is 5.11 Å². The first-order valence-corrected chi connectivity index (χ1v) is 5.64. The maximum absolute atomic E-state index is 9.88. The Balaban J connectivity index is 1.93. The summed E-state index contributed by atoms with van der Waals surface area (Å²) in [4.78, 5) is 4.24. The molecule has 2 rings (SSSR count).